The lowest BCUT2D eigenvalue weighted by Crippen LogP contribution is -2.37. The normalized spacial score (nSPS) is 17.8. The second-order valence-corrected chi connectivity index (χ2v) is 7.41. The van der Waals surface area contributed by atoms with E-state index in [9.17, 15) is 8.42 Å². The van der Waals surface area contributed by atoms with E-state index in [1.54, 1.807) is 31.3 Å². The second kappa shape index (κ2) is 6.22. The third-order valence-corrected chi connectivity index (χ3v) is 5.59. The molecule has 0 unspecified atom stereocenters. The van der Waals surface area contributed by atoms with E-state index in [-0.39, 0.29) is 0 Å². The van der Waals surface area contributed by atoms with Crippen molar-refractivity contribution in [2.75, 3.05) is 26.7 Å². The number of hydrogen-bond acceptors (Lipinski definition) is 3. The molecule has 1 aliphatic rings. The first kappa shape index (κ1) is 14.8. The molecule has 1 aliphatic heterocycles. The van der Waals surface area contributed by atoms with Gasteiger partial charge in [-0.2, -0.15) is 0 Å². The van der Waals surface area contributed by atoms with E-state index in [4.69, 9.17) is 11.6 Å². The highest BCUT2D eigenvalue weighted by molar-refractivity contribution is 7.89. The zero-order valence-electron chi connectivity index (χ0n) is 11.0. The number of nitrogens with zero attached hydrogens (tertiary/aromatic N) is 1. The van der Waals surface area contributed by atoms with E-state index in [0.717, 1.165) is 25.9 Å². The summed E-state index contributed by atoms with van der Waals surface area (Å²) in [6.45, 7) is 2.52. The number of nitrogens with one attached hydrogen (secondary N) is 1. The summed E-state index contributed by atoms with van der Waals surface area (Å²) < 4.78 is 26.2. The van der Waals surface area contributed by atoms with Crippen LogP contribution in [-0.4, -0.2) is 39.4 Å². The Kier molecular flexibility index (Phi) is 4.84. The van der Waals surface area contributed by atoms with Crippen LogP contribution in [0.15, 0.2) is 29.2 Å². The first-order valence-corrected chi connectivity index (χ1v) is 8.24. The number of rotatable bonds is 4. The zero-order valence-corrected chi connectivity index (χ0v) is 12.5. The van der Waals surface area contributed by atoms with Crippen LogP contribution < -0.4 is 5.32 Å². The Morgan fingerprint density at radius 3 is 2.42 bits per heavy atom. The molecule has 0 spiro atoms. The first-order chi connectivity index (χ1) is 9.00. The van der Waals surface area contributed by atoms with E-state index in [2.05, 4.69) is 5.32 Å². The van der Waals surface area contributed by atoms with Gasteiger partial charge in [-0.1, -0.05) is 11.6 Å². The van der Waals surface area contributed by atoms with Crippen LogP contribution >= 0.6 is 11.6 Å². The van der Waals surface area contributed by atoms with Gasteiger partial charge < -0.3 is 5.32 Å². The van der Waals surface area contributed by atoms with Gasteiger partial charge in [0.25, 0.3) is 0 Å². The van der Waals surface area contributed by atoms with Gasteiger partial charge in [0.05, 0.1) is 4.90 Å². The average Bonchev–Trinajstić information content (AvgIpc) is 2.40. The van der Waals surface area contributed by atoms with Crippen molar-refractivity contribution in [3.8, 4) is 0 Å². The molecule has 2 rings (SSSR count). The number of sulfonamides is 1. The molecule has 1 fully saturated rings. The molecule has 0 amide bonds. The highest BCUT2D eigenvalue weighted by atomic mass is 35.5. The Morgan fingerprint density at radius 1 is 1.26 bits per heavy atom. The number of benzene rings is 1. The third kappa shape index (κ3) is 3.69. The highest BCUT2D eigenvalue weighted by Gasteiger charge is 2.24. The molecule has 0 aliphatic carbocycles. The maximum Gasteiger partial charge on any atom is 0.242 e. The topological polar surface area (TPSA) is 49.4 Å². The Labute approximate surface area is 119 Å². The number of halogens is 1. The predicted molar refractivity (Wildman–Crippen MR) is 76.9 cm³/mol. The summed E-state index contributed by atoms with van der Waals surface area (Å²) in [6.07, 6.45) is 2.06. The molecule has 1 aromatic rings. The summed E-state index contributed by atoms with van der Waals surface area (Å²) in [5, 5.41) is 3.82. The molecule has 0 aromatic heterocycles. The average molecular weight is 303 g/mol. The molecule has 1 saturated heterocycles. The zero-order chi connectivity index (χ0) is 13.9. The van der Waals surface area contributed by atoms with Crippen LogP contribution in [0.4, 0.5) is 0 Å². The van der Waals surface area contributed by atoms with Crippen LogP contribution in [0.5, 0.6) is 0 Å². The fourth-order valence-corrected chi connectivity index (χ4v) is 3.69. The molecular weight excluding hydrogens is 284 g/mol. The standard InChI is InChI=1S/C13H19ClN2O2S/c1-16(10-11-6-8-15-9-7-11)19(17,18)13-4-2-12(14)3-5-13/h2-5,11,15H,6-10H2,1H3. The quantitative estimate of drug-likeness (QED) is 0.925. The van der Waals surface area contributed by atoms with E-state index in [0.29, 0.717) is 22.4 Å². The minimum atomic E-state index is -3.40. The number of hydrogen-bond donors (Lipinski definition) is 1. The van der Waals surface area contributed by atoms with Gasteiger partial charge in [-0.25, -0.2) is 12.7 Å². The van der Waals surface area contributed by atoms with Crippen molar-refractivity contribution in [3.63, 3.8) is 0 Å². The Morgan fingerprint density at radius 2 is 1.84 bits per heavy atom. The van der Waals surface area contributed by atoms with Crippen LogP contribution in [0, 0.1) is 5.92 Å². The van der Waals surface area contributed by atoms with Crippen molar-refractivity contribution in [2.45, 2.75) is 17.7 Å². The van der Waals surface area contributed by atoms with Gasteiger partial charge >= 0.3 is 0 Å². The van der Waals surface area contributed by atoms with E-state index >= 15 is 0 Å². The molecule has 0 atom stereocenters. The summed E-state index contributed by atoms with van der Waals surface area (Å²) in [4.78, 5) is 0.299. The maximum atomic E-state index is 12.4. The lowest BCUT2D eigenvalue weighted by molar-refractivity contribution is 0.311. The summed E-state index contributed by atoms with van der Waals surface area (Å²) in [5.41, 5.74) is 0. The Bertz CT molecular complexity index is 510. The number of piperidine rings is 1. The molecular formula is C13H19ClN2O2S. The molecule has 19 heavy (non-hydrogen) atoms. The predicted octanol–water partition coefficient (Wildman–Crippen LogP) is 1.96. The monoisotopic (exact) mass is 302 g/mol. The summed E-state index contributed by atoms with van der Waals surface area (Å²) >= 11 is 5.78. The van der Waals surface area contributed by atoms with Crippen LogP contribution in [0.3, 0.4) is 0 Å². The van der Waals surface area contributed by atoms with E-state index in [1.807, 2.05) is 0 Å². The second-order valence-electron chi connectivity index (χ2n) is 4.93. The molecule has 6 heteroatoms. The van der Waals surface area contributed by atoms with Crippen molar-refractivity contribution >= 4 is 21.6 Å². The Balaban J connectivity index is 2.07. The smallest absolute Gasteiger partial charge is 0.242 e. The molecule has 0 bridgehead atoms. The van der Waals surface area contributed by atoms with E-state index in [1.165, 1.54) is 4.31 Å². The molecule has 1 aromatic carbocycles. The van der Waals surface area contributed by atoms with Crippen LogP contribution in [0.25, 0.3) is 0 Å². The maximum absolute atomic E-state index is 12.4. The van der Waals surface area contributed by atoms with Gasteiger partial charge in [-0.05, 0) is 56.1 Å². The van der Waals surface area contributed by atoms with Crippen LogP contribution in [0.1, 0.15) is 12.8 Å². The van der Waals surface area contributed by atoms with Gasteiger partial charge in [0.2, 0.25) is 10.0 Å². The van der Waals surface area contributed by atoms with Gasteiger partial charge in [-0.3, -0.25) is 0 Å². The molecule has 106 valence electrons. The lowest BCUT2D eigenvalue weighted by Gasteiger charge is -2.27. The summed E-state index contributed by atoms with van der Waals surface area (Å²) in [7, 11) is -1.76. The van der Waals surface area contributed by atoms with E-state index < -0.39 is 10.0 Å². The van der Waals surface area contributed by atoms with Crippen molar-refractivity contribution in [3.05, 3.63) is 29.3 Å². The summed E-state index contributed by atoms with van der Waals surface area (Å²) in [6, 6.07) is 6.31. The Hall–Kier alpha value is -0.620. The minimum Gasteiger partial charge on any atom is -0.317 e. The fraction of sp³-hybridized carbons (Fsp3) is 0.538. The minimum absolute atomic E-state index is 0.299. The fourth-order valence-electron chi connectivity index (χ4n) is 2.31. The van der Waals surface area contributed by atoms with Gasteiger partial charge in [0.15, 0.2) is 0 Å². The summed E-state index contributed by atoms with van der Waals surface area (Å²) in [5.74, 6) is 0.438. The largest absolute Gasteiger partial charge is 0.317 e. The van der Waals surface area contributed by atoms with Crippen molar-refractivity contribution in [1.29, 1.82) is 0 Å². The van der Waals surface area contributed by atoms with Crippen molar-refractivity contribution < 1.29 is 8.42 Å². The van der Waals surface area contributed by atoms with Crippen molar-refractivity contribution in [1.82, 2.24) is 9.62 Å². The molecule has 0 saturated carbocycles. The van der Waals surface area contributed by atoms with Gasteiger partial charge in [0, 0.05) is 18.6 Å². The van der Waals surface area contributed by atoms with Gasteiger partial charge in [0.1, 0.15) is 0 Å². The highest BCUT2D eigenvalue weighted by Crippen LogP contribution is 2.20. The van der Waals surface area contributed by atoms with Crippen LogP contribution in [-0.2, 0) is 10.0 Å². The molecule has 0 radical (unpaired) electrons. The first-order valence-electron chi connectivity index (χ1n) is 6.43. The van der Waals surface area contributed by atoms with Crippen LogP contribution in [0.2, 0.25) is 5.02 Å². The third-order valence-electron chi connectivity index (χ3n) is 3.50. The SMILES string of the molecule is CN(CC1CCNCC1)S(=O)(=O)c1ccc(Cl)cc1. The van der Waals surface area contributed by atoms with Gasteiger partial charge in [-0.15, -0.1) is 0 Å². The molecule has 1 N–H and O–H groups in total. The lowest BCUT2D eigenvalue weighted by atomic mass is 9.98. The van der Waals surface area contributed by atoms with Crippen molar-refractivity contribution in [2.24, 2.45) is 5.92 Å². The molecule has 1 heterocycles. The molecule has 4 nitrogen and oxygen atoms in total.